The van der Waals surface area contributed by atoms with Gasteiger partial charge in [-0.05, 0) is 37.6 Å². The Morgan fingerprint density at radius 1 is 1.30 bits per heavy atom. The molecule has 0 aromatic carbocycles. The fourth-order valence-corrected chi connectivity index (χ4v) is 2.44. The van der Waals surface area contributed by atoms with Gasteiger partial charge in [0.05, 0.1) is 17.3 Å². The summed E-state index contributed by atoms with van der Waals surface area (Å²) < 4.78 is 0. The molecular formula is C15H17Cl2N3. The number of rotatable bonds is 5. The smallest absolute Gasteiger partial charge is 0.129 e. The number of alkyl halides is 1. The summed E-state index contributed by atoms with van der Waals surface area (Å²) in [7, 11) is 0. The Hall–Kier alpha value is -1.32. The van der Waals surface area contributed by atoms with Crippen molar-refractivity contribution >= 4 is 29.0 Å². The minimum absolute atomic E-state index is 0.384. The summed E-state index contributed by atoms with van der Waals surface area (Å²) in [5.74, 6) is 1.25. The molecule has 2 aromatic heterocycles. The van der Waals surface area contributed by atoms with Crippen LogP contribution in [0.15, 0.2) is 30.5 Å². The average Bonchev–Trinajstić information content (AvgIpc) is 2.45. The molecule has 0 spiro atoms. The van der Waals surface area contributed by atoms with Crippen LogP contribution in [0.4, 0.5) is 5.82 Å². The van der Waals surface area contributed by atoms with Gasteiger partial charge in [-0.15, -0.1) is 11.6 Å². The predicted molar refractivity (Wildman–Crippen MR) is 84.5 cm³/mol. The molecule has 2 rings (SSSR count). The van der Waals surface area contributed by atoms with Crippen LogP contribution in [0.5, 0.6) is 0 Å². The maximum Gasteiger partial charge on any atom is 0.129 e. The van der Waals surface area contributed by atoms with Crippen molar-refractivity contribution in [1.82, 2.24) is 9.97 Å². The van der Waals surface area contributed by atoms with Gasteiger partial charge < -0.3 is 4.90 Å². The Kier molecular flexibility index (Phi) is 5.21. The molecule has 2 aromatic rings. The second-order valence-corrected chi connectivity index (χ2v) is 5.23. The first-order chi connectivity index (χ1) is 9.63. The van der Waals surface area contributed by atoms with Gasteiger partial charge in [0.25, 0.3) is 0 Å². The molecule has 0 radical (unpaired) electrons. The lowest BCUT2D eigenvalue weighted by Gasteiger charge is -2.22. The summed E-state index contributed by atoms with van der Waals surface area (Å²) in [4.78, 5) is 11.1. The summed E-state index contributed by atoms with van der Waals surface area (Å²) in [5.41, 5.74) is 2.94. The van der Waals surface area contributed by atoms with E-state index >= 15 is 0 Å². The van der Waals surface area contributed by atoms with E-state index in [-0.39, 0.29) is 0 Å². The van der Waals surface area contributed by atoms with Crippen LogP contribution in [0.2, 0.25) is 5.02 Å². The maximum absolute atomic E-state index is 6.05. The molecule has 20 heavy (non-hydrogen) atoms. The Bertz CT molecular complexity index is 587. The minimum Gasteiger partial charge on any atom is -0.351 e. The SMILES string of the molecule is CCN(Cc1cccc(C)n1)c1cc(CCl)c(Cl)cn1. The van der Waals surface area contributed by atoms with E-state index in [0.29, 0.717) is 17.4 Å². The van der Waals surface area contributed by atoms with Gasteiger partial charge in [0.15, 0.2) is 0 Å². The van der Waals surface area contributed by atoms with Crippen LogP contribution in [0.25, 0.3) is 0 Å². The van der Waals surface area contributed by atoms with Crippen molar-refractivity contribution in [3.63, 3.8) is 0 Å². The van der Waals surface area contributed by atoms with E-state index in [4.69, 9.17) is 23.2 Å². The summed E-state index contributed by atoms with van der Waals surface area (Å²) in [5, 5.41) is 0.605. The molecule has 0 fully saturated rings. The number of hydrogen-bond acceptors (Lipinski definition) is 3. The number of aromatic nitrogens is 2. The first kappa shape index (κ1) is 15.1. The topological polar surface area (TPSA) is 29.0 Å². The molecular weight excluding hydrogens is 293 g/mol. The molecule has 5 heteroatoms. The Morgan fingerprint density at radius 2 is 2.10 bits per heavy atom. The summed E-state index contributed by atoms with van der Waals surface area (Å²) in [6.45, 7) is 5.64. The van der Waals surface area contributed by atoms with E-state index < -0.39 is 0 Å². The van der Waals surface area contributed by atoms with Crippen molar-refractivity contribution in [3.05, 3.63) is 52.4 Å². The third-order valence-corrected chi connectivity index (χ3v) is 3.70. The van der Waals surface area contributed by atoms with Crippen LogP contribution >= 0.6 is 23.2 Å². The summed E-state index contributed by atoms with van der Waals surface area (Å²) in [6, 6.07) is 7.97. The van der Waals surface area contributed by atoms with Gasteiger partial charge in [-0.2, -0.15) is 0 Å². The van der Waals surface area contributed by atoms with Crippen LogP contribution in [-0.4, -0.2) is 16.5 Å². The standard InChI is InChI=1S/C15H17Cl2N3/c1-3-20(10-13-6-4-5-11(2)19-13)15-7-12(8-16)14(17)9-18-15/h4-7,9H,3,8,10H2,1-2H3. The largest absolute Gasteiger partial charge is 0.351 e. The first-order valence-corrected chi connectivity index (χ1v) is 7.43. The lowest BCUT2D eigenvalue weighted by molar-refractivity contribution is 0.790. The molecule has 0 saturated carbocycles. The highest BCUT2D eigenvalue weighted by Crippen LogP contribution is 2.22. The van der Waals surface area contributed by atoms with Gasteiger partial charge >= 0.3 is 0 Å². The van der Waals surface area contributed by atoms with Crippen molar-refractivity contribution < 1.29 is 0 Å². The van der Waals surface area contributed by atoms with Crippen LogP contribution in [0.3, 0.4) is 0 Å². The van der Waals surface area contributed by atoms with Gasteiger partial charge in [0.2, 0.25) is 0 Å². The molecule has 0 aliphatic carbocycles. The van der Waals surface area contributed by atoms with Crippen LogP contribution in [0, 0.1) is 6.92 Å². The summed E-state index contributed by atoms with van der Waals surface area (Å²) in [6.07, 6.45) is 1.65. The van der Waals surface area contributed by atoms with Crippen molar-refractivity contribution in [2.24, 2.45) is 0 Å². The highest BCUT2D eigenvalue weighted by atomic mass is 35.5. The quantitative estimate of drug-likeness (QED) is 0.775. The molecule has 3 nitrogen and oxygen atoms in total. The number of nitrogens with zero attached hydrogens (tertiary/aromatic N) is 3. The molecule has 0 bridgehead atoms. The second kappa shape index (κ2) is 6.91. The maximum atomic E-state index is 6.05. The molecule has 0 N–H and O–H groups in total. The second-order valence-electron chi connectivity index (χ2n) is 4.55. The van der Waals surface area contributed by atoms with E-state index in [1.165, 1.54) is 0 Å². The van der Waals surface area contributed by atoms with E-state index in [1.807, 2.05) is 31.2 Å². The highest BCUT2D eigenvalue weighted by molar-refractivity contribution is 6.32. The third kappa shape index (κ3) is 3.62. The van der Waals surface area contributed by atoms with Crippen molar-refractivity contribution in [2.45, 2.75) is 26.3 Å². The van der Waals surface area contributed by atoms with Gasteiger partial charge in [0, 0.05) is 24.3 Å². The fraction of sp³-hybridized carbons (Fsp3) is 0.333. The molecule has 0 unspecified atom stereocenters. The number of halogens is 2. The third-order valence-electron chi connectivity index (χ3n) is 3.07. The number of pyridine rings is 2. The molecule has 0 saturated heterocycles. The zero-order valence-electron chi connectivity index (χ0n) is 11.6. The van der Waals surface area contributed by atoms with E-state index in [2.05, 4.69) is 21.8 Å². The number of anilines is 1. The fourth-order valence-electron chi connectivity index (χ4n) is 1.98. The van der Waals surface area contributed by atoms with Gasteiger partial charge in [0.1, 0.15) is 5.82 Å². The van der Waals surface area contributed by atoms with Crippen molar-refractivity contribution in [3.8, 4) is 0 Å². The lowest BCUT2D eigenvalue weighted by Crippen LogP contribution is -2.23. The van der Waals surface area contributed by atoms with Crippen molar-refractivity contribution in [1.29, 1.82) is 0 Å². The summed E-state index contributed by atoms with van der Waals surface area (Å²) >= 11 is 11.9. The Balaban J connectivity index is 2.24. The first-order valence-electron chi connectivity index (χ1n) is 6.52. The van der Waals surface area contributed by atoms with E-state index in [0.717, 1.165) is 29.3 Å². The highest BCUT2D eigenvalue weighted by Gasteiger charge is 2.10. The van der Waals surface area contributed by atoms with Gasteiger partial charge in [-0.1, -0.05) is 17.7 Å². The number of aryl methyl sites for hydroxylation is 1. The molecule has 0 amide bonds. The van der Waals surface area contributed by atoms with E-state index in [9.17, 15) is 0 Å². The van der Waals surface area contributed by atoms with Crippen LogP contribution in [-0.2, 0) is 12.4 Å². The number of hydrogen-bond donors (Lipinski definition) is 0. The molecule has 0 aliphatic heterocycles. The lowest BCUT2D eigenvalue weighted by atomic mass is 10.2. The van der Waals surface area contributed by atoms with Gasteiger partial charge in [-0.25, -0.2) is 4.98 Å². The zero-order chi connectivity index (χ0) is 14.5. The molecule has 0 aliphatic rings. The normalized spacial score (nSPS) is 10.6. The van der Waals surface area contributed by atoms with Crippen LogP contribution < -0.4 is 4.90 Å². The average molecular weight is 310 g/mol. The van der Waals surface area contributed by atoms with Crippen molar-refractivity contribution in [2.75, 3.05) is 11.4 Å². The minimum atomic E-state index is 0.384. The Morgan fingerprint density at radius 3 is 2.75 bits per heavy atom. The molecule has 0 atom stereocenters. The van der Waals surface area contributed by atoms with E-state index in [1.54, 1.807) is 6.20 Å². The van der Waals surface area contributed by atoms with Crippen LogP contribution in [0.1, 0.15) is 23.9 Å². The Labute approximate surface area is 129 Å². The van der Waals surface area contributed by atoms with Gasteiger partial charge in [-0.3, -0.25) is 4.98 Å². The predicted octanol–water partition coefficient (Wildman–Crippen LogP) is 4.20. The molecule has 106 valence electrons. The molecule has 2 heterocycles. The zero-order valence-corrected chi connectivity index (χ0v) is 13.1. The monoisotopic (exact) mass is 309 g/mol.